The van der Waals surface area contributed by atoms with Crippen LogP contribution in [0.1, 0.15) is 153 Å². The number of aliphatic hydroxyl groups excluding tert-OH is 4. The minimum atomic E-state index is -1.47. The van der Waals surface area contributed by atoms with Crippen LogP contribution in [0, 0.1) is 6.92 Å². The number of morpholine rings is 1. The average molecular weight is 1190 g/mol. The number of allylic oxidation sites excluding steroid dienone is 3. The molecule has 2 aromatic rings. The fourth-order valence-corrected chi connectivity index (χ4v) is 12.4. The summed E-state index contributed by atoms with van der Waals surface area (Å²) < 4.78 is 28.9. The van der Waals surface area contributed by atoms with Crippen molar-refractivity contribution in [2.45, 2.75) is 141 Å². The van der Waals surface area contributed by atoms with Crippen LogP contribution in [0.15, 0.2) is 18.2 Å². The monoisotopic (exact) mass is 1180 g/mol. The van der Waals surface area contributed by atoms with E-state index in [1.165, 1.54) is 16.7 Å². The summed E-state index contributed by atoms with van der Waals surface area (Å²) in [4.78, 5) is 79.5. The van der Waals surface area contributed by atoms with Crippen molar-refractivity contribution >= 4 is 68.9 Å². The molecule has 1 unspecified atom stereocenters. The van der Waals surface area contributed by atoms with Gasteiger partial charge in [0.1, 0.15) is 35.5 Å². The molecule has 2 aromatic heterocycles. The van der Waals surface area contributed by atoms with E-state index in [4.69, 9.17) is 38.8 Å². The first-order valence-electron chi connectivity index (χ1n) is 28.5. The number of thioether (sulfide) groups is 1. The number of nitrogens with one attached hydrogen (secondary N) is 3. The van der Waals surface area contributed by atoms with Gasteiger partial charge in [-0.15, -0.1) is 11.8 Å². The van der Waals surface area contributed by atoms with Crippen molar-refractivity contribution in [1.82, 2.24) is 40.0 Å². The van der Waals surface area contributed by atoms with E-state index in [-0.39, 0.29) is 92.5 Å². The van der Waals surface area contributed by atoms with Gasteiger partial charge in [0, 0.05) is 87.1 Å². The second-order valence-corrected chi connectivity index (χ2v) is 23.6. The molecule has 0 radical (unpaired) electrons. The third kappa shape index (κ3) is 15.8. The molecule has 83 heavy (non-hydrogen) atoms. The van der Waals surface area contributed by atoms with Gasteiger partial charge in [-0.2, -0.15) is 7.11 Å². The molecule has 24 heteroatoms. The molecule has 8 atom stereocenters. The molecule has 0 aromatic carbocycles. The molecule has 6 aliphatic rings. The van der Waals surface area contributed by atoms with Gasteiger partial charge in [0.2, 0.25) is 5.91 Å². The first kappa shape index (κ1) is 67.8. The summed E-state index contributed by atoms with van der Waals surface area (Å²) in [7, 11) is 2.49. The number of ether oxygens (including phenoxy) is 5. The van der Waals surface area contributed by atoms with E-state index >= 15 is 4.79 Å². The van der Waals surface area contributed by atoms with Crippen LogP contribution in [0.3, 0.4) is 0 Å². The minimum absolute atomic E-state index is 0. The number of amides is 4. The summed E-state index contributed by atoms with van der Waals surface area (Å²) >= 11 is 1.24. The summed E-state index contributed by atoms with van der Waals surface area (Å²) in [5, 5.41) is 51.6. The van der Waals surface area contributed by atoms with Crippen LogP contribution in [0.2, 0.25) is 0 Å². The van der Waals surface area contributed by atoms with Crippen molar-refractivity contribution in [3.8, 4) is 0 Å². The Balaban J connectivity index is 0.00000365. The zero-order valence-corrected chi connectivity index (χ0v) is 53.2. The van der Waals surface area contributed by atoms with Gasteiger partial charge in [-0.05, 0) is 114 Å². The predicted octanol–water partition coefficient (Wildman–Crippen LogP) is 1.52. The Kier molecular flexibility index (Phi) is 24.8. The van der Waals surface area contributed by atoms with E-state index in [9.17, 15) is 34.8 Å². The van der Waals surface area contributed by atoms with E-state index in [0.717, 1.165) is 46.5 Å². The number of hydrogen-bond acceptors (Lipinski definition) is 18. The summed E-state index contributed by atoms with van der Waals surface area (Å²) in [6.45, 7) is 21.7. The number of aromatic amines is 2. The van der Waals surface area contributed by atoms with E-state index < -0.39 is 60.2 Å². The predicted molar refractivity (Wildman–Crippen MR) is 310 cm³/mol. The van der Waals surface area contributed by atoms with Crippen molar-refractivity contribution in [3.63, 3.8) is 0 Å². The Morgan fingerprint density at radius 2 is 1.61 bits per heavy atom. The maximum Gasteiger partial charge on any atom is 1.00 e. The number of rotatable bonds is 21. The quantitative estimate of drug-likeness (QED) is 0.0530. The van der Waals surface area contributed by atoms with Crippen LogP contribution >= 0.6 is 11.8 Å². The number of hydrogen-bond donors (Lipinski definition) is 7. The molecule has 0 saturated carbocycles. The van der Waals surface area contributed by atoms with E-state index in [0.29, 0.717) is 109 Å². The van der Waals surface area contributed by atoms with E-state index in [1.54, 1.807) is 32.7 Å². The van der Waals surface area contributed by atoms with Gasteiger partial charge in [-0.1, -0.05) is 13.8 Å². The number of fused-ring (bicyclic) bond motifs is 8. The molecule has 2 fully saturated rings. The third-order valence-electron chi connectivity index (χ3n) is 15.9. The van der Waals surface area contributed by atoms with Gasteiger partial charge in [0.25, 0.3) is 11.8 Å². The number of alkyl carbamates (subject to hydrolysis) is 1. The number of H-pyrrole nitrogens is 2. The second-order valence-electron chi connectivity index (χ2n) is 22.4. The maximum atomic E-state index is 15.4. The largest absolute Gasteiger partial charge is 1.00 e. The number of carbonyl (C=O) groups is 4. The molecule has 7 N–H and O–H groups in total. The Morgan fingerprint density at radius 1 is 0.928 bits per heavy atom. The fourth-order valence-electron chi connectivity index (χ4n) is 11.3. The topological polar surface area (TPSA) is 298 Å². The first-order valence-corrected chi connectivity index (χ1v) is 29.5. The summed E-state index contributed by atoms with van der Waals surface area (Å²) in [6.07, 6.45) is -4.49. The Hall–Kier alpha value is -4.31. The summed E-state index contributed by atoms with van der Waals surface area (Å²) in [5.41, 5.74) is 9.13. The summed E-state index contributed by atoms with van der Waals surface area (Å²) in [6, 6.07) is 6.00. The molecule has 22 nitrogen and oxygen atoms in total. The van der Waals surface area contributed by atoms with Crippen LogP contribution in [0.5, 0.6) is 0 Å². The van der Waals surface area contributed by atoms with Gasteiger partial charge < -0.3 is 69.4 Å². The Bertz CT molecular complexity index is 2920. The van der Waals surface area contributed by atoms with Crippen molar-refractivity contribution in [2.24, 2.45) is 0 Å². The van der Waals surface area contributed by atoms with Crippen LogP contribution in [0.4, 0.5) is 4.79 Å². The first-order chi connectivity index (χ1) is 39.1. The molecule has 8 heterocycles. The Morgan fingerprint density at radius 3 is 2.30 bits per heavy atom. The molecular weight excluding hydrogens is 1100 g/mol. The van der Waals surface area contributed by atoms with Crippen molar-refractivity contribution in [3.05, 3.63) is 69.1 Å². The minimum Gasteiger partial charge on any atom is -0.857 e. The molecule has 6 aliphatic heterocycles. The molecule has 4 amide bonds. The number of nitrogens with zero attached hydrogens (tertiary/aromatic N) is 5. The van der Waals surface area contributed by atoms with Gasteiger partial charge in [0.15, 0.2) is 0 Å². The second kappa shape index (κ2) is 30.4. The fraction of sp³-hybridized carbons (Fsp3) is 0.627. The normalized spacial score (nSPS) is 22.7. The smallest absolute Gasteiger partial charge is 0.857 e. The third-order valence-corrected chi connectivity index (χ3v) is 17.1. The molecular formula is C59H85N8NaO14S. The average Bonchev–Trinajstić information content (AvgIpc) is 2.36. The molecule has 452 valence electrons. The Labute approximate surface area is 513 Å². The van der Waals surface area contributed by atoms with Crippen LogP contribution < -0.4 is 40.0 Å². The molecule has 2 saturated heterocycles. The van der Waals surface area contributed by atoms with E-state index in [1.807, 2.05) is 39.0 Å². The number of carbonyl (C=O) groups excluding carboxylic acids is 4. The van der Waals surface area contributed by atoms with Crippen molar-refractivity contribution in [1.29, 1.82) is 0 Å². The summed E-state index contributed by atoms with van der Waals surface area (Å²) in [5.74, 6) is -1.10. The van der Waals surface area contributed by atoms with E-state index in [2.05, 4.69) is 41.0 Å². The van der Waals surface area contributed by atoms with Crippen molar-refractivity contribution < 1.29 is 98.0 Å². The standard InChI is InChI=1S/C58H82N8O13S.CH3O.Na/c1-11-36-31(2)38-29-43-46(35(6)77-25-24-75-21-15-59-57(74)79-58(7,8)9)33(4)40(61-43)27-39-32(3)37(13-14-45(68)64(10)16-12-26-80-56-53(71)52(70)51(69)44(30-67)78-56)49(62-39)48-50-47(34(5)41(63-50)28-42(36)60-38)54(72)66(55(48)73)18-17-65-19-22-76-23-20-65;1-2;/h27-29,32,35,37,44,51-53,56,62-63,67,69-71H,11-26,30H2,1-10H3,(H,59,74);1H3;/q;-1;+1/t32-,35?,37-,44+,51+,52-,53+,56-;;/m0../s1. The number of aromatic nitrogens is 4. The van der Waals surface area contributed by atoms with Crippen molar-refractivity contribution in [2.75, 3.05) is 98.8 Å². The molecule has 0 aliphatic carbocycles. The molecule has 8 bridgehead atoms. The SMILES string of the molecule is CCC1=C(C)c2cc3nc(cc4[nH]c(c5c6[nH]c(cc1n2)c(C)c6C(=O)N(CCN1CCOCC1)C5=O)[C@@H](CCC(=O)N(C)CCCS[C@@H]1O[C@H](CO)[C@@H](O)[C@H](O)[C@H]1O)[C@@H]4C)C(C)=C3C(C)OCCOCCNC(=O)OC(C)(C)C.C[O-].[Na+]. The van der Waals surface area contributed by atoms with Crippen LogP contribution in [-0.2, 0) is 28.5 Å². The number of aryl methyl sites for hydroxylation is 1. The van der Waals surface area contributed by atoms with Gasteiger partial charge >= 0.3 is 35.7 Å². The number of imide groups is 1. The van der Waals surface area contributed by atoms with Gasteiger partial charge in [-0.25, -0.2) is 14.8 Å². The van der Waals surface area contributed by atoms with Crippen LogP contribution in [-0.4, -0.2) is 219 Å². The molecule has 0 spiro atoms. The zero-order valence-electron chi connectivity index (χ0n) is 50.4. The number of aliphatic hydroxyl groups is 4. The van der Waals surface area contributed by atoms with Gasteiger partial charge in [0.05, 0.1) is 85.2 Å². The molecule has 8 rings (SSSR count). The van der Waals surface area contributed by atoms with Crippen LogP contribution in [0.25, 0.3) is 33.3 Å². The maximum absolute atomic E-state index is 15.4. The zero-order chi connectivity index (χ0) is 59.7. The van der Waals surface area contributed by atoms with Gasteiger partial charge in [-0.3, -0.25) is 24.2 Å².